The van der Waals surface area contributed by atoms with Gasteiger partial charge in [0.25, 0.3) is 0 Å². The summed E-state index contributed by atoms with van der Waals surface area (Å²) in [4.78, 5) is 0. The number of rotatable bonds is 0. The predicted octanol–water partition coefficient (Wildman–Crippen LogP) is 1.55. The van der Waals surface area contributed by atoms with Gasteiger partial charge in [-0.15, -0.1) is 0 Å². The molecule has 2 atom stereocenters. The van der Waals surface area contributed by atoms with Gasteiger partial charge >= 0.3 is 0 Å². The van der Waals surface area contributed by atoms with Crippen molar-refractivity contribution in [1.29, 1.82) is 0 Å². The molecule has 2 N–H and O–H groups in total. The zero-order chi connectivity index (χ0) is 9.57. The number of aliphatic hydroxyl groups excluding tert-OH is 2. The van der Waals surface area contributed by atoms with Crippen LogP contribution in [0.3, 0.4) is 0 Å². The van der Waals surface area contributed by atoms with Crippen LogP contribution < -0.4 is 0 Å². The molecule has 0 radical (unpaired) electrons. The summed E-state index contributed by atoms with van der Waals surface area (Å²) in [5.74, 6) is 0. The van der Waals surface area contributed by atoms with Gasteiger partial charge < -0.3 is 10.2 Å². The third kappa shape index (κ3) is 1.64. The molecule has 1 aliphatic carbocycles. The molecule has 0 unspecified atom stereocenters. The minimum absolute atomic E-state index is 0.0777. The number of aliphatic hydroxyl groups is 2. The quantitative estimate of drug-likeness (QED) is 0.582. The van der Waals surface area contributed by atoms with E-state index in [2.05, 4.69) is 13.8 Å². The van der Waals surface area contributed by atoms with Crippen molar-refractivity contribution in [3.63, 3.8) is 0 Å². The zero-order valence-corrected chi connectivity index (χ0v) is 8.46. The van der Waals surface area contributed by atoms with Gasteiger partial charge in [-0.1, -0.05) is 27.7 Å². The summed E-state index contributed by atoms with van der Waals surface area (Å²) >= 11 is 0. The Balaban J connectivity index is 2.78. The molecule has 1 aliphatic rings. The third-order valence-corrected chi connectivity index (χ3v) is 3.21. The van der Waals surface area contributed by atoms with Gasteiger partial charge in [-0.3, -0.25) is 0 Å². The first kappa shape index (κ1) is 10.0. The van der Waals surface area contributed by atoms with Crippen molar-refractivity contribution in [1.82, 2.24) is 0 Å². The Labute approximate surface area is 74.6 Å². The van der Waals surface area contributed by atoms with Crippen molar-refractivity contribution < 1.29 is 10.2 Å². The lowest BCUT2D eigenvalue weighted by Crippen LogP contribution is -2.49. The second-order valence-electron chi connectivity index (χ2n) is 5.43. The Bertz CT molecular complexity index is 157. The molecule has 2 heteroatoms. The van der Waals surface area contributed by atoms with E-state index in [-0.39, 0.29) is 23.0 Å². The van der Waals surface area contributed by atoms with Crippen molar-refractivity contribution >= 4 is 0 Å². The molecule has 0 bridgehead atoms. The molecule has 0 aromatic rings. The van der Waals surface area contributed by atoms with E-state index in [1.807, 2.05) is 13.8 Å². The first-order valence-corrected chi connectivity index (χ1v) is 4.62. The van der Waals surface area contributed by atoms with Gasteiger partial charge in [0, 0.05) is 5.41 Å². The van der Waals surface area contributed by atoms with Crippen LogP contribution in [0.5, 0.6) is 0 Å². The number of hydrogen-bond donors (Lipinski definition) is 2. The average molecular weight is 172 g/mol. The highest BCUT2D eigenvalue weighted by molar-refractivity contribution is 4.95. The second-order valence-corrected chi connectivity index (χ2v) is 5.43. The smallest absolute Gasteiger partial charge is 0.0620 e. The topological polar surface area (TPSA) is 40.5 Å². The minimum Gasteiger partial charge on any atom is -0.392 e. The van der Waals surface area contributed by atoms with Crippen LogP contribution in [0.25, 0.3) is 0 Å². The van der Waals surface area contributed by atoms with Crippen LogP contribution in [0.15, 0.2) is 0 Å². The second kappa shape index (κ2) is 2.71. The van der Waals surface area contributed by atoms with Gasteiger partial charge in [0.2, 0.25) is 0 Å². The Morgan fingerprint density at radius 2 is 1.25 bits per heavy atom. The summed E-state index contributed by atoms with van der Waals surface area (Å²) in [7, 11) is 0. The van der Waals surface area contributed by atoms with Crippen LogP contribution in [0.1, 0.15) is 40.5 Å². The van der Waals surface area contributed by atoms with Gasteiger partial charge in [0.15, 0.2) is 0 Å². The van der Waals surface area contributed by atoms with Crippen molar-refractivity contribution in [3.05, 3.63) is 0 Å². The van der Waals surface area contributed by atoms with Crippen molar-refractivity contribution in [2.75, 3.05) is 0 Å². The lowest BCUT2D eigenvalue weighted by molar-refractivity contribution is -0.116. The van der Waals surface area contributed by atoms with Gasteiger partial charge in [0.05, 0.1) is 12.2 Å². The van der Waals surface area contributed by atoms with Gasteiger partial charge in [-0.25, -0.2) is 0 Å². The van der Waals surface area contributed by atoms with Gasteiger partial charge in [-0.2, -0.15) is 0 Å². The lowest BCUT2D eigenvalue weighted by atomic mass is 9.63. The molecule has 1 saturated carbocycles. The monoisotopic (exact) mass is 172 g/mol. The summed E-state index contributed by atoms with van der Waals surface area (Å²) < 4.78 is 0. The van der Waals surface area contributed by atoms with Gasteiger partial charge in [0.1, 0.15) is 0 Å². The van der Waals surface area contributed by atoms with E-state index in [0.29, 0.717) is 0 Å². The minimum atomic E-state index is -0.378. The van der Waals surface area contributed by atoms with Crippen LogP contribution >= 0.6 is 0 Å². The van der Waals surface area contributed by atoms with Crippen molar-refractivity contribution in [2.24, 2.45) is 10.8 Å². The first-order valence-electron chi connectivity index (χ1n) is 4.62. The summed E-state index contributed by atoms with van der Waals surface area (Å²) in [6.45, 7) is 8.04. The van der Waals surface area contributed by atoms with E-state index in [4.69, 9.17) is 0 Å². The summed E-state index contributed by atoms with van der Waals surface area (Å²) in [5, 5.41) is 19.6. The van der Waals surface area contributed by atoms with Crippen LogP contribution in [0.4, 0.5) is 0 Å². The fourth-order valence-electron chi connectivity index (χ4n) is 1.88. The molecule has 0 heterocycles. The molecule has 0 aromatic carbocycles. The highest BCUT2D eigenvalue weighted by Gasteiger charge is 2.45. The molecule has 0 spiro atoms. The molecule has 1 rings (SSSR count). The zero-order valence-electron chi connectivity index (χ0n) is 8.46. The SMILES string of the molecule is CC1(C)C[C@@H](O)C(C)(C)[C@H](O)C1. The predicted molar refractivity (Wildman–Crippen MR) is 48.8 cm³/mol. The maximum atomic E-state index is 9.78. The standard InChI is InChI=1S/C10H20O2/c1-9(2)5-7(11)10(3,4)8(12)6-9/h7-8,11-12H,5-6H2,1-4H3/t7-,8-/m1/s1. The molecule has 0 aliphatic heterocycles. The van der Waals surface area contributed by atoms with Crippen LogP contribution in [0.2, 0.25) is 0 Å². The van der Waals surface area contributed by atoms with E-state index >= 15 is 0 Å². The van der Waals surface area contributed by atoms with Gasteiger partial charge in [-0.05, 0) is 18.3 Å². The van der Waals surface area contributed by atoms with Crippen molar-refractivity contribution in [2.45, 2.75) is 52.7 Å². The average Bonchev–Trinajstić information content (AvgIpc) is 1.82. The van der Waals surface area contributed by atoms with E-state index in [9.17, 15) is 10.2 Å². The molecular weight excluding hydrogens is 152 g/mol. The number of hydrogen-bond acceptors (Lipinski definition) is 2. The summed E-state index contributed by atoms with van der Waals surface area (Å²) in [6.07, 6.45) is 0.821. The van der Waals surface area contributed by atoms with Crippen LogP contribution in [0, 0.1) is 10.8 Å². The van der Waals surface area contributed by atoms with E-state index in [0.717, 1.165) is 12.8 Å². The normalized spacial score (nSPS) is 39.5. The fraction of sp³-hybridized carbons (Fsp3) is 1.00. The fourth-order valence-corrected chi connectivity index (χ4v) is 1.88. The molecule has 72 valence electrons. The van der Waals surface area contributed by atoms with E-state index < -0.39 is 0 Å². The molecule has 2 nitrogen and oxygen atoms in total. The molecule has 1 fully saturated rings. The Morgan fingerprint density at radius 1 is 0.917 bits per heavy atom. The van der Waals surface area contributed by atoms with Crippen LogP contribution in [-0.4, -0.2) is 22.4 Å². The molecule has 0 saturated heterocycles. The lowest BCUT2D eigenvalue weighted by Gasteiger charge is -2.46. The molecule has 0 amide bonds. The maximum absolute atomic E-state index is 9.78. The largest absolute Gasteiger partial charge is 0.392 e. The first-order chi connectivity index (χ1) is 5.26. The third-order valence-electron chi connectivity index (χ3n) is 3.21. The summed E-state index contributed by atoms with van der Waals surface area (Å²) in [5.41, 5.74) is -0.260. The maximum Gasteiger partial charge on any atom is 0.0620 e. The van der Waals surface area contributed by atoms with E-state index in [1.54, 1.807) is 0 Å². The molecular formula is C10H20O2. The summed E-state index contributed by atoms with van der Waals surface area (Å²) in [6, 6.07) is 0. The van der Waals surface area contributed by atoms with Crippen LogP contribution in [-0.2, 0) is 0 Å². The molecule has 0 aromatic heterocycles. The Morgan fingerprint density at radius 3 is 1.58 bits per heavy atom. The van der Waals surface area contributed by atoms with E-state index in [1.165, 1.54) is 0 Å². The van der Waals surface area contributed by atoms with Crippen molar-refractivity contribution in [3.8, 4) is 0 Å². The Kier molecular flexibility index (Phi) is 2.26. The highest BCUT2D eigenvalue weighted by Crippen LogP contribution is 2.44. The highest BCUT2D eigenvalue weighted by atomic mass is 16.3. The molecule has 12 heavy (non-hydrogen) atoms. The Hall–Kier alpha value is -0.0800.